The maximum Gasteiger partial charge on any atom is 0.174 e. The van der Waals surface area contributed by atoms with Crippen LogP contribution in [0.15, 0.2) is 36.7 Å². The molecule has 1 N–H and O–H groups in total. The number of anilines is 1. The first-order valence-electron chi connectivity index (χ1n) is 8.98. The van der Waals surface area contributed by atoms with E-state index in [2.05, 4.69) is 20.0 Å². The highest BCUT2D eigenvalue weighted by Crippen LogP contribution is 2.31. The summed E-state index contributed by atoms with van der Waals surface area (Å²) < 4.78 is 1.84. The third-order valence-electron chi connectivity index (χ3n) is 5.10. The van der Waals surface area contributed by atoms with Crippen molar-refractivity contribution in [3.8, 4) is 5.82 Å². The number of H-pyrrole nitrogens is 1. The van der Waals surface area contributed by atoms with Crippen LogP contribution in [0.1, 0.15) is 22.6 Å². The maximum atomic E-state index is 6.22. The minimum absolute atomic E-state index is 0.742. The van der Waals surface area contributed by atoms with E-state index in [-0.39, 0.29) is 0 Å². The first kappa shape index (κ1) is 16.3. The van der Waals surface area contributed by atoms with Crippen LogP contribution < -0.4 is 4.90 Å². The van der Waals surface area contributed by atoms with Crippen LogP contribution in [0, 0.1) is 13.8 Å². The van der Waals surface area contributed by atoms with Gasteiger partial charge in [-0.15, -0.1) is 0 Å². The fraction of sp³-hybridized carbons (Fsp3) is 0.250. The van der Waals surface area contributed by atoms with Crippen LogP contribution in [-0.4, -0.2) is 31.3 Å². The minimum Gasteiger partial charge on any atom is -0.358 e. The first-order valence-corrected chi connectivity index (χ1v) is 9.36. The van der Waals surface area contributed by atoms with Gasteiger partial charge >= 0.3 is 0 Å². The Morgan fingerprint density at radius 3 is 2.78 bits per heavy atom. The van der Waals surface area contributed by atoms with Gasteiger partial charge in [-0.25, -0.2) is 9.67 Å². The molecule has 4 heterocycles. The summed E-state index contributed by atoms with van der Waals surface area (Å²) in [5, 5.41) is 6.46. The summed E-state index contributed by atoms with van der Waals surface area (Å²) in [7, 11) is 0. The van der Waals surface area contributed by atoms with E-state index in [0.717, 1.165) is 53.1 Å². The molecule has 0 aliphatic carbocycles. The number of aryl methyl sites for hydroxylation is 2. The van der Waals surface area contributed by atoms with Crippen LogP contribution in [0.2, 0.25) is 5.02 Å². The predicted molar refractivity (Wildman–Crippen MR) is 107 cm³/mol. The largest absolute Gasteiger partial charge is 0.358 e. The number of nitrogens with zero attached hydrogens (tertiary/aromatic N) is 5. The molecule has 27 heavy (non-hydrogen) atoms. The lowest BCUT2D eigenvalue weighted by Crippen LogP contribution is -2.31. The average Bonchev–Trinajstić information content (AvgIpc) is 3.20. The van der Waals surface area contributed by atoms with E-state index in [1.165, 1.54) is 16.6 Å². The van der Waals surface area contributed by atoms with Gasteiger partial charge in [0.2, 0.25) is 0 Å². The average molecular weight is 379 g/mol. The Balaban J connectivity index is 1.52. The topological polar surface area (TPSA) is 62.6 Å². The van der Waals surface area contributed by atoms with E-state index in [1.54, 1.807) is 6.20 Å². The van der Waals surface area contributed by atoms with Crippen molar-refractivity contribution < 1.29 is 0 Å². The number of rotatable bonds is 2. The smallest absolute Gasteiger partial charge is 0.174 e. The Hall–Kier alpha value is -2.86. The van der Waals surface area contributed by atoms with Gasteiger partial charge < -0.3 is 9.88 Å². The molecule has 6 nitrogen and oxygen atoms in total. The van der Waals surface area contributed by atoms with Gasteiger partial charge in [-0.05, 0) is 38.1 Å². The molecule has 0 amide bonds. The third-order valence-corrected chi connectivity index (χ3v) is 5.33. The summed E-state index contributed by atoms with van der Waals surface area (Å²) in [6.07, 6.45) is 4.51. The van der Waals surface area contributed by atoms with Crippen molar-refractivity contribution in [2.75, 3.05) is 11.4 Å². The first-order chi connectivity index (χ1) is 13.1. The van der Waals surface area contributed by atoms with Gasteiger partial charge in [-0.1, -0.05) is 11.6 Å². The Bertz CT molecular complexity index is 1160. The summed E-state index contributed by atoms with van der Waals surface area (Å²) >= 11 is 6.22. The van der Waals surface area contributed by atoms with Crippen molar-refractivity contribution in [2.45, 2.75) is 26.8 Å². The summed E-state index contributed by atoms with van der Waals surface area (Å²) in [6, 6.07) is 8.04. The second kappa shape index (κ2) is 6.09. The number of halogens is 1. The van der Waals surface area contributed by atoms with Gasteiger partial charge in [0.05, 0.1) is 18.1 Å². The molecule has 1 aliphatic heterocycles. The molecule has 0 fully saturated rings. The van der Waals surface area contributed by atoms with Gasteiger partial charge in [-0.3, -0.25) is 4.98 Å². The molecule has 0 saturated heterocycles. The molecule has 0 saturated carbocycles. The van der Waals surface area contributed by atoms with Crippen LogP contribution in [0.4, 0.5) is 5.82 Å². The summed E-state index contributed by atoms with van der Waals surface area (Å²) in [5.74, 6) is 1.60. The van der Waals surface area contributed by atoms with Gasteiger partial charge in [-0.2, -0.15) is 5.10 Å². The fourth-order valence-corrected chi connectivity index (χ4v) is 4.01. The fourth-order valence-electron chi connectivity index (χ4n) is 3.84. The molecule has 1 aromatic carbocycles. The van der Waals surface area contributed by atoms with Gasteiger partial charge in [0.15, 0.2) is 5.82 Å². The summed E-state index contributed by atoms with van der Waals surface area (Å²) in [4.78, 5) is 15.0. The van der Waals surface area contributed by atoms with Gasteiger partial charge in [0.1, 0.15) is 5.82 Å². The lowest BCUT2D eigenvalue weighted by atomic mass is 10.0. The lowest BCUT2D eigenvalue weighted by molar-refractivity contribution is 0.706. The van der Waals surface area contributed by atoms with Crippen LogP contribution >= 0.6 is 11.6 Å². The third kappa shape index (κ3) is 2.77. The zero-order chi connectivity index (χ0) is 18.5. The molecule has 0 atom stereocenters. The number of aromatic amines is 1. The molecule has 1 aliphatic rings. The van der Waals surface area contributed by atoms with Crippen LogP contribution in [0.5, 0.6) is 0 Å². The zero-order valence-corrected chi connectivity index (χ0v) is 16.0. The van der Waals surface area contributed by atoms with Crippen molar-refractivity contribution in [1.82, 2.24) is 24.7 Å². The predicted octanol–water partition coefficient (Wildman–Crippen LogP) is 3.98. The van der Waals surface area contributed by atoms with Crippen molar-refractivity contribution in [3.05, 3.63) is 64.3 Å². The van der Waals surface area contributed by atoms with Gasteiger partial charge in [0.25, 0.3) is 0 Å². The Kier molecular flexibility index (Phi) is 3.68. The normalized spacial score (nSPS) is 14.0. The zero-order valence-electron chi connectivity index (χ0n) is 15.2. The highest BCUT2D eigenvalue weighted by Gasteiger charge is 2.22. The second-order valence-electron chi connectivity index (χ2n) is 7.02. The number of benzene rings is 1. The van der Waals surface area contributed by atoms with E-state index in [0.29, 0.717) is 0 Å². The lowest BCUT2D eigenvalue weighted by Gasteiger charge is -2.28. The van der Waals surface area contributed by atoms with Crippen molar-refractivity contribution >= 4 is 28.3 Å². The van der Waals surface area contributed by atoms with Gasteiger partial charge in [0, 0.05) is 52.4 Å². The molecule has 0 unspecified atom stereocenters. The highest BCUT2D eigenvalue weighted by atomic mass is 35.5. The molecule has 7 heteroatoms. The van der Waals surface area contributed by atoms with E-state index in [1.807, 2.05) is 49.0 Å². The number of hydrogen-bond donors (Lipinski definition) is 1. The van der Waals surface area contributed by atoms with Crippen molar-refractivity contribution in [3.63, 3.8) is 0 Å². The maximum absolute atomic E-state index is 6.22. The standard InChI is InChI=1S/C20H19ClN6/c1-12-7-13(2)27(25-12)20-10-22-9-19(24-20)26-6-5-18-16(11-26)15-8-14(21)3-4-17(15)23-18/h3-4,7-10,23H,5-6,11H2,1-2H3. The molecule has 136 valence electrons. The minimum atomic E-state index is 0.742. The number of hydrogen-bond acceptors (Lipinski definition) is 4. The van der Waals surface area contributed by atoms with Crippen molar-refractivity contribution in [2.24, 2.45) is 0 Å². The Morgan fingerprint density at radius 1 is 1.11 bits per heavy atom. The van der Waals surface area contributed by atoms with E-state index in [9.17, 15) is 0 Å². The molecular weight excluding hydrogens is 360 g/mol. The highest BCUT2D eigenvalue weighted by molar-refractivity contribution is 6.31. The molecule has 5 rings (SSSR count). The monoisotopic (exact) mass is 378 g/mol. The quantitative estimate of drug-likeness (QED) is 0.573. The molecule has 0 radical (unpaired) electrons. The number of nitrogens with one attached hydrogen (secondary N) is 1. The molecule has 0 spiro atoms. The van der Waals surface area contributed by atoms with E-state index >= 15 is 0 Å². The summed E-state index contributed by atoms with van der Waals surface area (Å²) in [5.41, 5.74) is 5.72. The second-order valence-corrected chi connectivity index (χ2v) is 7.45. The molecular formula is C20H19ClN6. The van der Waals surface area contributed by atoms with Crippen LogP contribution in [0.25, 0.3) is 16.7 Å². The van der Waals surface area contributed by atoms with Crippen LogP contribution in [0.3, 0.4) is 0 Å². The number of fused-ring (bicyclic) bond motifs is 3. The van der Waals surface area contributed by atoms with Crippen LogP contribution in [-0.2, 0) is 13.0 Å². The van der Waals surface area contributed by atoms with E-state index < -0.39 is 0 Å². The molecule has 0 bridgehead atoms. The molecule has 4 aromatic rings. The van der Waals surface area contributed by atoms with Crippen molar-refractivity contribution in [1.29, 1.82) is 0 Å². The SMILES string of the molecule is Cc1cc(C)n(-c2cncc(N3CCc4[nH]c5ccc(Cl)cc5c4C3)n2)n1. The molecule has 3 aromatic heterocycles. The Morgan fingerprint density at radius 2 is 1.96 bits per heavy atom. The Labute approximate surface area is 161 Å². The van der Waals surface area contributed by atoms with E-state index in [4.69, 9.17) is 16.6 Å². The number of aromatic nitrogens is 5. The summed E-state index contributed by atoms with van der Waals surface area (Å²) in [6.45, 7) is 5.68.